The average molecular weight is 877 g/mol. The highest BCUT2D eigenvalue weighted by molar-refractivity contribution is 5.95. The molecule has 6 N–H and O–H groups in total. The molecule has 15 heteroatoms. The molecule has 0 aromatic heterocycles. The van der Waals surface area contributed by atoms with E-state index in [0.29, 0.717) is 48.9 Å². The van der Waals surface area contributed by atoms with Gasteiger partial charge in [-0.1, -0.05) is 52.0 Å². The molecule has 3 fully saturated rings. The molecule has 1 aliphatic heterocycles. The number of ketones is 1. The van der Waals surface area contributed by atoms with Crippen molar-refractivity contribution in [2.75, 3.05) is 53.5 Å². The lowest BCUT2D eigenvalue weighted by Crippen LogP contribution is -2.55. The van der Waals surface area contributed by atoms with Crippen LogP contribution in [-0.4, -0.2) is 105 Å². The number of nitrogens with one attached hydrogen (secondary N) is 4. The number of nitrogens with zero attached hydrogens (tertiary/aromatic N) is 1. The molecule has 4 amide bonds. The zero-order chi connectivity index (χ0) is 46.4. The Kier molecular flexibility index (Phi) is 22.5. The first kappa shape index (κ1) is 52.2. The zero-order valence-corrected chi connectivity index (χ0v) is 38.4. The van der Waals surface area contributed by atoms with Gasteiger partial charge in [0.25, 0.3) is 11.8 Å². The Bertz CT molecular complexity index is 1780. The van der Waals surface area contributed by atoms with Crippen LogP contribution < -0.4 is 27.0 Å². The van der Waals surface area contributed by atoms with Gasteiger partial charge in [0.2, 0.25) is 11.8 Å². The SMILES string of the molecule is CC(C)C1CCC(=O)CC1.COC(=O)CCNC(=O)c1ccc(CCN2C(=O)CNC23CCC(C(C)C)CC3)cc1.COC(=O)CCNC(=O)c1ccc(CCNC(=O)CN)cc1. The van der Waals surface area contributed by atoms with Crippen molar-refractivity contribution in [1.29, 1.82) is 0 Å². The minimum absolute atomic E-state index is 0.0231. The van der Waals surface area contributed by atoms with Crippen LogP contribution >= 0.6 is 0 Å². The highest BCUT2D eigenvalue weighted by atomic mass is 16.5. The van der Waals surface area contributed by atoms with Crippen molar-refractivity contribution >= 4 is 41.4 Å². The molecular formula is C48H72N6O9. The van der Waals surface area contributed by atoms with Crippen LogP contribution in [0.15, 0.2) is 48.5 Å². The zero-order valence-electron chi connectivity index (χ0n) is 38.4. The molecule has 63 heavy (non-hydrogen) atoms. The molecule has 348 valence electrons. The lowest BCUT2D eigenvalue weighted by molar-refractivity contribution is -0.141. The Labute approximate surface area is 373 Å². The van der Waals surface area contributed by atoms with E-state index in [-0.39, 0.29) is 73.7 Å². The number of benzene rings is 2. The summed E-state index contributed by atoms with van der Waals surface area (Å²) in [4.78, 5) is 82.5. The van der Waals surface area contributed by atoms with Crippen molar-refractivity contribution in [3.8, 4) is 0 Å². The topological polar surface area (TPSA) is 215 Å². The third kappa shape index (κ3) is 17.9. The highest BCUT2D eigenvalue weighted by Gasteiger charge is 2.46. The molecule has 0 unspecified atom stereocenters. The van der Waals surface area contributed by atoms with Crippen molar-refractivity contribution < 1.29 is 43.0 Å². The van der Waals surface area contributed by atoms with Crippen LogP contribution in [0.1, 0.15) is 124 Å². The number of ether oxygens (including phenoxy) is 2. The third-order valence-corrected chi connectivity index (χ3v) is 12.4. The smallest absolute Gasteiger partial charge is 0.307 e. The summed E-state index contributed by atoms with van der Waals surface area (Å²) < 4.78 is 9.05. The summed E-state index contributed by atoms with van der Waals surface area (Å²) in [7, 11) is 2.63. The first-order valence-electron chi connectivity index (χ1n) is 22.5. The maximum absolute atomic E-state index is 12.6. The van der Waals surface area contributed by atoms with Crippen LogP contribution in [0.2, 0.25) is 0 Å². The minimum Gasteiger partial charge on any atom is -0.469 e. The molecule has 15 nitrogen and oxygen atoms in total. The molecule has 2 aliphatic carbocycles. The fraction of sp³-hybridized carbons (Fsp3) is 0.604. The molecule has 0 radical (unpaired) electrons. The van der Waals surface area contributed by atoms with Crippen LogP contribution in [0.25, 0.3) is 0 Å². The normalized spacial score (nSPS) is 18.5. The second-order valence-corrected chi connectivity index (χ2v) is 17.2. The summed E-state index contributed by atoms with van der Waals surface area (Å²) in [5.41, 5.74) is 8.17. The molecule has 0 bridgehead atoms. The van der Waals surface area contributed by atoms with Gasteiger partial charge in [-0.3, -0.25) is 38.9 Å². The Morgan fingerprint density at radius 3 is 1.60 bits per heavy atom. The first-order chi connectivity index (χ1) is 30.1. The summed E-state index contributed by atoms with van der Waals surface area (Å²) in [5, 5.41) is 11.5. The van der Waals surface area contributed by atoms with Gasteiger partial charge in [0.15, 0.2) is 0 Å². The van der Waals surface area contributed by atoms with E-state index in [4.69, 9.17) is 5.73 Å². The lowest BCUT2D eigenvalue weighted by Gasteiger charge is -2.44. The molecule has 1 spiro atoms. The van der Waals surface area contributed by atoms with E-state index >= 15 is 0 Å². The van der Waals surface area contributed by atoms with Crippen LogP contribution in [0.4, 0.5) is 0 Å². The molecule has 1 heterocycles. The summed E-state index contributed by atoms with van der Waals surface area (Å²) in [5.74, 6) is 2.32. The number of hydrogen-bond donors (Lipinski definition) is 5. The molecular weight excluding hydrogens is 805 g/mol. The van der Waals surface area contributed by atoms with Crippen LogP contribution in [0.3, 0.4) is 0 Å². The van der Waals surface area contributed by atoms with Gasteiger partial charge in [0, 0.05) is 50.1 Å². The van der Waals surface area contributed by atoms with E-state index in [1.807, 2.05) is 24.3 Å². The molecule has 2 aromatic carbocycles. The summed E-state index contributed by atoms with van der Waals surface area (Å²) in [6.07, 6.45) is 10.0. The number of rotatable bonds is 17. The molecule has 0 atom stereocenters. The monoisotopic (exact) mass is 877 g/mol. The molecule has 3 aliphatic rings. The van der Waals surface area contributed by atoms with Gasteiger partial charge >= 0.3 is 11.9 Å². The van der Waals surface area contributed by atoms with E-state index < -0.39 is 0 Å². The standard InChI is InChI=1S/C24H35N3O4.C15H21N3O4.C9H16O/c1-17(2)19-8-12-24(13-9-19)26-16-21(28)27(24)15-11-18-4-6-20(7-5-18)23(30)25-14-10-22(29)31-3;1-22-14(20)7-9-18-15(21)12-4-2-11(3-5-12)6-8-17-13(19)10-16;1-7(2)8-3-5-9(10)6-4-8/h4-7,17,19,26H,8-16H2,1-3H3,(H,25,30);2-5H,6-10,16H2,1H3,(H,17,19)(H,18,21);7-8H,3-6H2,1-2H3. The Morgan fingerprint density at radius 2 is 1.16 bits per heavy atom. The van der Waals surface area contributed by atoms with Crippen molar-refractivity contribution in [3.63, 3.8) is 0 Å². The predicted octanol–water partition coefficient (Wildman–Crippen LogP) is 4.49. The van der Waals surface area contributed by atoms with Gasteiger partial charge in [-0.2, -0.15) is 0 Å². The predicted molar refractivity (Wildman–Crippen MR) is 241 cm³/mol. The number of methoxy groups -OCH3 is 2. The lowest BCUT2D eigenvalue weighted by atomic mass is 9.76. The van der Waals surface area contributed by atoms with Crippen LogP contribution in [0.5, 0.6) is 0 Å². The van der Waals surface area contributed by atoms with E-state index in [1.54, 1.807) is 24.3 Å². The van der Waals surface area contributed by atoms with Crippen molar-refractivity contribution in [3.05, 3.63) is 70.8 Å². The second kappa shape index (κ2) is 27.1. The fourth-order valence-electron chi connectivity index (χ4n) is 8.14. The van der Waals surface area contributed by atoms with Crippen LogP contribution in [0, 0.1) is 23.7 Å². The summed E-state index contributed by atoms with van der Waals surface area (Å²) in [6, 6.07) is 14.5. The first-order valence-corrected chi connectivity index (χ1v) is 22.5. The Hall–Kier alpha value is -5.15. The Balaban J connectivity index is 0.000000285. The van der Waals surface area contributed by atoms with Gasteiger partial charge in [0.05, 0.1) is 45.8 Å². The van der Waals surface area contributed by atoms with Gasteiger partial charge in [-0.15, -0.1) is 0 Å². The number of Topliss-reactive ketones (excluding diaryl/α,β-unsaturated/α-hetero) is 1. The van der Waals surface area contributed by atoms with Gasteiger partial charge in [-0.05, 0) is 110 Å². The highest BCUT2D eigenvalue weighted by Crippen LogP contribution is 2.39. The van der Waals surface area contributed by atoms with Gasteiger partial charge in [0.1, 0.15) is 5.78 Å². The fourth-order valence-corrected chi connectivity index (χ4v) is 8.14. The number of esters is 2. The van der Waals surface area contributed by atoms with Crippen molar-refractivity contribution in [2.45, 2.75) is 110 Å². The third-order valence-electron chi connectivity index (χ3n) is 12.4. The van der Waals surface area contributed by atoms with E-state index in [0.717, 1.165) is 86.7 Å². The van der Waals surface area contributed by atoms with E-state index in [1.165, 1.54) is 14.2 Å². The van der Waals surface area contributed by atoms with Gasteiger partial charge in [-0.25, -0.2) is 0 Å². The largest absolute Gasteiger partial charge is 0.469 e. The number of carbonyl (C=O) groups excluding carboxylic acids is 7. The molecule has 2 aromatic rings. The quantitative estimate of drug-likeness (QED) is 0.140. The number of hydrogen-bond acceptors (Lipinski definition) is 11. The minimum atomic E-state index is -0.366. The van der Waals surface area contributed by atoms with E-state index in [9.17, 15) is 33.6 Å². The summed E-state index contributed by atoms with van der Waals surface area (Å²) >= 11 is 0. The maximum Gasteiger partial charge on any atom is 0.307 e. The van der Waals surface area contributed by atoms with Gasteiger partial charge < -0.3 is 36.1 Å². The number of nitrogens with two attached hydrogens (primary N) is 1. The van der Waals surface area contributed by atoms with Crippen molar-refractivity contribution in [1.82, 2.24) is 26.2 Å². The van der Waals surface area contributed by atoms with E-state index in [2.05, 4.69) is 63.3 Å². The molecule has 2 saturated carbocycles. The summed E-state index contributed by atoms with van der Waals surface area (Å²) in [6.45, 7) is 11.1. The number of carbonyl (C=O) groups is 7. The maximum atomic E-state index is 12.6. The van der Waals surface area contributed by atoms with Crippen LogP contribution in [-0.2, 0) is 46.3 Å². The Morgan fingerprint density at radius 1 is 0.698 bits per heavy atom. The molecule has 1 saturated heterocycles. The second-order valence-electron chi connectivity index (χ2n) is 17.2. The van der Waals surface area contributed by atoms with Crippen molar-refractivity contribution in [2.24, 2.45) is 29.4 Å². The molecule has 5 rings (SSSR count). The average Bonchev–Trinajstić information content (AvgIpc) is 3.59. The number of amides is 4.